The number of rotatable bonds is 11. The van der Waals surface area contributed by atoms with Crippen molar-refractivity contribution < 1.29 is 14.2 Å². The lowest BCUT2D eigenvalue weighted by atomic mass is 10.0. The van der Waals surface area contributed by atoms with Crippen molar-refractivity contribution in [2.75, 3.05) is 50.2 Å². The zero-order valence-electron chi connectivity index (χ0n) is 26.2. The van der Waals surface area contributed by atoms with Gasteiger partial charge in [0.05, 0.1) is 24.0 Å². The normalized spacial score (nSPS) is 16.6. The number of hydrogen-bond acceptors (Lipinski definition) is 8. The molecule has 1 aliphatic carbocycles. The van der Waals surface area contributed by atoms with Gasteiger partial charge in [0.15, 0.2) is 17.0 Å². The molecule has 6 rings (SSSR count). The van der Waals surface area contributed by atoms with Crippen molar-refractivity contribution >= 4 is 34.8 Å². The van der Waals surface area contributed by atoms with Crippen molar-refractivity contribution in [3.63, 3.8) is 0 Å². The first-order valence-electron chi connectivity index (χ1n) is 15.5. The molecule has 240 valence electrons. The van der Waals surface area contributed by atoms with Gasteiger partial charge >= 0.3 is 0 Å². The number of aryl methyl sites for hydroxylation is 1. The lowest BCUT2D eigenvalue weighted by Crippen LogP contribution is -2.48. The summed E-state index contributed by atoms with van der Waals surface area (Å²) in [5, 5.41) is 9.53. The van der Waals surface area contributed by atoms with Crippen molar-refractivity contribution in [2.24, 2.45) is 0 Å². The first kappa shape index (κ1) is 32.7. The standard InChI is InChI=1S/C34H41FN6O3.ClH/c1-23-15-24(10-11-36-23)19-40(28-5-4-12-39(22-28)27-8-9-33(37-18-27)38(2)3)20-25-21-41(26-6-7-26)31-17-32(44-14-13-42)30(35)16-29(31)34(25)43;/h8-11,15-18,21,26,28,42H,4-7,12-14,19-20,22H2,1-3H3;1H/t28-;/m0./s1. The zero-order valence-corrected chi connectivity index (χ0v) is 27.0. The zero-order chi connectivity index (χ0) is 30.8. The van der Waals surface area contributed by atoms with E-state index in [1.165, 1.54) is 6.07 Å². The maximum Gasteiger partial charge on any atom is 0.193 e. The van der Waals surface area contributed by atoms with Crippen molar-refractivity contribution in [2.45, 2.75) is 57.8 Å². The Labute approximate surface area is 269 Å². The molecule has 2 aliphatic rings. The molecule has 1 N–H and O–H groups in total. The Morgan fingerprint density at radius 2 is 1.91 bits per heavy atom. The molecule has 1 aromatic carbocycles. The van der Waals surface area contributed by atoms with Crippen molar-refractivity contribution in [1.29, 1.82) is 0 Å². The number of hydrogen-bond donors (Lipinski definition) is 1. The monoisotopic (exact) mass is 636 g/mol. The van der Waals surface area contributed by atoms with Crippen LogP contribution in [0.1, 0.15) is 48.5 Å². The summed E-state index contributed by atoms with van der Waals surface area (Å²) in [7, 11) is 3.97. The fourth-order valence-electron chi connectivity index (χ4n) is 6.23. The minimum atomic E-state index is -0.594. The molecule has 4 aromatic rings. The average molecular weight is 637 g/mol. The highest BCUT2D eigenvalue weighted by atomic mass is 35.5. The number of aromatic nitrogens is 3. The van der Waals surface area contributed by atoms with Crippen LogP contribution in [0.5, 0.6) is 5.75 Å². The van der Waals surface area contributed by atoms with E-state index >= 15 is 4.39 Å². The second-order valence-corrected chi connectivity index (χ2v) is 12.2. The molecule has 1 aliphatic heterocycles. The van der Waals surface area contributed by atoms with Crippen molar-refractivity contribution in [3.8, 4) is 5.75 Å². The van der Waals surface area contributed by atoms with Crippen LogP contribution in [0.4, 0.5) is 15.9 Å². The quantitative estimate of drug-likeness (QED) is 0.243. The molecular formula is C34H42ClFN6O3. The lowest BCUT2D eigenvalue weighted by molar-refractivity contribution is 0.158. The van der Waals surface area contributed by atoms with Gasteiger partial charge in [-0.3, -0.25) is 14.7 Å². The summed E-state index contributed by atoms with van der Waals surface area (Å²) < 4.78 is 22.6. The van der Waals surface area contributed by atoms with E-state index in [0.29, 0.717) is 29.6 Å². The maximum atomic E-state index is 15.1. The molecule has 1 saturated carbocycles. The highest BCUT2D eigenvalue weighted by Gasteiger charge is 2.30. The Morgan fingerprint density at radius 3 is 2.60 bits per heavy atom. The van der Waals surface area contributed by atoms with Gasteiger partial charge < -0.3 is 24.2 Å². The number of halogens is 2. The number of fused-ring (bicyclic) bond motifs is 1. The van der Waals surface area contributed by atoms with E-state index in [0.717, 1.165) is 61.5 Å². The SMILES string of the molecule is Cc1cc(CN(Cc2cn(C3CC3)c3cc(OCCO)c(F)cc3c2=O)[C@H]2CCCN(c3ccc(N(C)C)nc3)C2)ccn1.Cl. The summed E-state index contributed by atoms with van der Waals surface area (Å²) in [6.45, 7) is 4.66. The highest BCUT2D eigenvalue weighted by Crippen LogP contribution is 2.38. The second-order valence-electron chi connectivity index (χ2n) is 12.2. The smallest absolute Gasteiger partial charge is 0.193 e. The molecule has 0 amide bonds. The number of aliphatic hydroxyl groups excluding tert-OH is 1. The fourth-order valence-corrected chi connectivity index (χ4v) is 6.23. The van der Waals surface area contributed by atoms with Crippen LogP contribution >= 0.6 is 12.4 Å². The molecule has 0 spiro atoms. The van der Waals surface area contributed by atoms with Crippen molar-refractivity contribution in [3.05, 3.63) is 87.9 Å². The van der Waals surface area contributed by atoms with Crippen LogP contribution in [0.2, 0.25) is 0 Å². The summed E-state index contributed by atoms with van der Waals surface area (Å²) in [5.74, 6) is 0.380. The highest BCUT2D eigenvalue weighted by molar-refractivity contribution is 5.85. The van der Waals surface area contributed by atoms with Crippen LogP contribution in [-0.4, -0.2) is 71.0 Å². The van der Waals surface area contributed by atoms with E-state index in [4.69, 9.17) is 4.74 Å². The minimum Gasteiger partial charge on any atom is -0.488 e. The van der Waals surface area contributed by atoms with E-state index in [1.807, 2.05) is 56.6 Å². The van der Waals surface area contributed by atoms with Gasteiger partial charge in [0, 0.05) is 87.5 Å². The van der Waals surface area contributed by atoms with Crippen LogP contribution in [-0.2, 0) is 13.1 Å². The molecule has 0 bridgehead atoms. The molecule has 9 nitrogen and oxygen atoms in total. The summed E-state index contributed by atoms with van der Waals surface area (Å²) >= 11 is 0. The van der Waals surface area contributed by atoms with Gasteiger partial charge in [-0.05, 0) is 68.5 Å². The lowest BCUT2D eigenvalue weighted by Gasteiger charge is -2.40. The van der Waals surface area contributed by atoms with Crippen LogP contribution in [0.25, 0.3) is 10.9 Å². The summed E-state index contributed by atoms with van der Waals surface area (Å²) in [4.78, 5) is 29.8. The van der Waals surface area contributed by atoms with Crippen LogP contribution in [0.15, 0.2) is 59.8 Å². The average Bonchev–Trinajstić information content (AvgIpc) is 3.87. The molecule has 4 heterocycles. The van der Waals surface area contributed by atoms with Crippen molar-refractivity contribution in [1.82, 2.24) is 19.4 Å². The van der Waals surface area contributed by atoms with Gasteiger partial charge in [-0.2, -0.15) is 0 Å². The largest absolute Gasteiger partial charge is 0.488 e. The molecule has 2 fully saturated rings. The fraction of sp³-hybridized carbons (Fsp3) is 0.441. The number of aliphatic hydroxyl groups is 1. The number of benzene rings is 1. The molecule has 45 heavy (non-hydrogen) atoms. The van der Waals surface area contributed by atoms with Gasteiger partial charge in [-0.15, -0.1) is 12.4 Å². The predicted octanol–water partition coefficient (Wildman–Crippen LogP) is 5.10. The molecule has 0 unspecified atom stereocenters. The number of anilines is 2. The van der Waals surface area contributed by atoms with Gasteiger partial charge in [0.2, 0.25) is 0 Å². The molecule has 11 heteroatoms. The predicted molar refractivity (Wildman–Crippen MR) is 178 cm³/mol. The van der Waals surface area contributed by atoms with Gasteiger partial charge in [-0.25, -0.2) is 9.37 Å². The van der Waals surface area contributed by atoms with E-state index in [9.17, 15) is 9.90 Å². The first-order valence-corrected chi connectivity index (χ1v) is 15.5. The molecule has 1 atom stereocenters. The minimum absolute atomic E-state index is 0. The van der Waals surface area contributed by atoms with E-state index in [-0.39, 0.29) is 48.9 Å². The molecule has 1 saturated heterocycles. The van der Waals surface area contributed by atoms with E-state index < -0.39 is 5.82 Å². The Bertz CT molecular complexity index is 1680. The Kier molecular flexibility index (Phi) is 10.3. The summed E-state index contributed by atoms with van der Waals surface area (Å²) in [6.07, 6.45) is 9.82. The number of nitrogens with zero attached hydrogens (tertiary/aromatic N) is 6. The summed E-state index contributed by atoms with van der Waals surface area (Å²) in [5.41, 5.74) is 4.37. The van der Waals surface area contributed by atoms with E-state index in [1.54, 1.807) is 6.07 Å². The Morgan fingerprint density at radius 1 is 1.09 bits per heavy atom. The van der Waals surface area contributed by atoms with Crippen LogP contribution in [0, 0.1) is 12.7 Å². The van der Waals surface area contributed by atoms with Crippen LogP contribution < -0.4 is 20.0 Å². The van der Waals surface area contributed by atoms with Crippen LogP contribution in [0.3, 0.4) is 0 Å². The second kappa shape index (κ2) is 14.1. The third-order valence-electron chi connectivity index (χ3n) is 8.64. The van der Waals surface area contributed by atoms with Gasteiger partial charge in [0.25, 0.3) is 0 Å². The summed E-state index contributed by atoms with van der Waals surface area (Å²) in [6, 6.07) is 11.7. The van der Waals surface area contributed by atoms with Gasteiger partial charge in [0.1, 0.15) is 12.4 Å². The third-order valence-corrected chi connectivity index (χ3v) is 8.64. The first-order chi connectivity index (χ1) is 21.3. The number of pyridine rings is 3. The van der Waals surface area contributed by atoms with Gasteiger partial charge in [-0.1, -0.05) is 0 Å². The third kappa shape index (κ3) is 7.40. The number of ether oxygens (including phenoxy) is 1. The number of piperidine rings is 1. The Hall–Kier alpha value is -3.73. The topological polar surface area (TPSA) is 87.0 Å². The maximum absolute atomic E-state index is 15.1. The molecular weight excluding hydrogens is 595 g/mol. The van der Waals surface area contributed by atoms with E-state index in [2.05, 4.69) is 36.5 Å². The Balaban J connectivity index is 0.00000400. The molecule has 0 radical (unpaired) electrons. The molecule has 3 aromatic heterocycles.